The van der Waals surface area contributed by atoms with Crippen LogP contribution in [0.2, 0.25) is 5.02 Å². The lowest BCUT2D eigenvalue weighted by atomic mass is 10.1. The molecule has 0 aliphatic heterocycles. The molecule has 2 amide bonds. The first kappa shape index (κ1) is 15.1. The summed E-state index contributed by atoms with van der Waals surface area (Å²) in [6, 6.07) is 12.0. The molecule has 0 unspecified atom stereocenters. The summed E-state index contributed by atoms with van der Waals surface area (Å²) < 4.78 is 0. The number of hydrazine groups is 1. The highest BCUT2D eigenvalue weighted by molar-refractivity contribution is 6.30. The summed E-state index contributed by atoms with van der Waals surface area (Å²) in [6.07, 6.45) is 0. The minimum atomic E-state index is -0.496. The van der Waals surface area contributed by atoms with Crippen molar-refractivity contribution >= 4 is 34.3 Å². The van der Waals surface area contributed by atoms with Crippen molar-refractivity contribution in [1.29, 1.82) is 0 Å². The van der Waals surface area contributed by atoms with Crippen molar-refractivity contribution in [3.8, 4) is 0 Å². The highest BCUT2D eigenvalue weighted by Crippen LogP contribution is 2.17. The monoisotopic (exact) mass is 328 g/mol. The van der Waals surface area contributed by atoms with E-state index in [4.69, 9.17) is 11.6 Å². The molecule has 7 heteroatoms. The molecule has 0 aliphatic carbocycles. The molecule has 1 aromatic heterocycles. The van der Waals surface area contributed by atoms with Gasteiger partial charge in [0.2, 0.25) is 0 Å². The number of aryl methyl sites for hydroxylation is 1. The second-order valence-corrected chi connectivity index (χ2v) is 5.47. The number of nitrogens with one attached hydrogen (secondary N) is 3. The van der Waals surface area contributed by atoms with Crippen LogP contribution in [-0.4, -0.2) is 22.0 Å². The van der Waals surface area contributed by atoms with E-state index in [1.807, 2.05) is 25.1 Å². The number of benzene rings is 2. The molecular formula is C16H13ClN4O2. The molecule has 3 rings (SSSR count). The average Bonchev–Trinajstić information content (AvgIpc) is 2.96. The molecular weight excluding hydrogens is 316 g/mol. The second kappa shape index (κ2) is 6.10. The Labute approximate surface area is 136 Å². The fourth-order valence-corrected chi connectivity index (χ4v) is 2.27. The van der Waals surface area contributed by atoms with Crippen LogP contribution in [0.3, 0.4) is 0 Å². The lowest BCUT2D eigenvalue weighted by Gasteiger charge is -2.06. The molecule has 0 fully saturated rings. The standard InChI is InChI=1S/C16H13ClN4O2/c1-9-2-7-13-12(8-9)14(19-18-13)16(23)21-20-15(22)10-3-5-11(17)6-4-10/h2-8H,1H3,(H,18,19)(H,20,22)(H,21,23). The molecule has 0 spiro atoms. The number of hydrogen-bond donors (Lipinski definition) is 3. The Morgan fingerprint density at radius 1 is 1.04 bits per heavy atom. The van der Waals surface area contributed by atoms with Crippen molar-refractivity contribution in [3.63, 3.8) is 0 Å². The molecule has 0 saturated heterocycles. The lowest BCUT2D eigenvalue weighted by Crippen LogP contribution is -2.41. The summed E-state index contributed by atoms with van der Waals surface area (Å²) in [4.78, 5) is 24.1. The Morgan fingerprint density at radius 3 is 2.48 bits per heavy atom. The molecule has 3 aromatic rings. The molecule has 3 N–H and O–H groups in total. The van der Waals surface area contributed by atoms with Crippen LogP contribution in [0, 0.1) is 6.92 Å². The van der Waals surface area contributed by atoms with Crippen molar-refractivity contribution in [2.75, 3.05) is 0 Å². The van der Waals surface area contributed by atoms with Gasteiger partial charge in [0.1, 0.15) is 0 Å². The van der Waals surface area contributed by atoms with Crippen molar-refractivity contribution in [2.45, 2.75) is 6.92 Å². The number of fused-ring (bicyclic) bond motifs is 1. The first-order valence-corrected chi connectivity index (χ1v) is 7.23. The summed E-state index contributed by atoms with van der Waals surface area (Å²) in [5.74, 6) is -0.935. The van der Waals surface area contributed by atoms with Gasteiger partial charge in [0.15, 0.2) is 5.69 Å². The third-order valence-electron chi connectivity index (χ3n) is 3.33. The maximum absolute atomic E-state index is 12.2. The maximum atomic E-state index is 12.2. The first-order chi connectivity index (χ1) is 11.0. The molecule has 0 bridgehead atoms. The zero-order valence-corrected chi connectivity index (χ0v) is 12.9. The van der Waals surface area contributed by atoms with Gasteiger partial charge < -0.3 is 0 Å². The third kappa shape index (κ3) is 3.17. The number of carbonyl (C=O) groups excluding carboxylic acids is 2. The molecule has 1 heterocycles. The molecule has 0 atom stereocenters. The van der Waals surface area contributed by atoms with E-state index in [-0.39, 0.29) is 5.69 Å². The zero-order chi connectivity index (χ0) is 16.4. The van der Waals surface area contributed by atoms with Crippen LogP contribution >= 0.6 is 11.6 Å². The number of carbonyl (C=O) groups is 2. The Kier molecular flexibility index (Phi) is 3.99. The first-order valence-electron chi connectivity index (χ1n) is 6.85. The number of hydrogen-bond acceptors (Lipinski definition) is 3. The van der Waals surface area contributed by atoms with Gasteiger partial charge in [-0.1, -0.05) is 23.2 Å². The molecule has 2 aromatic carbocycles. The smallest absolute Gasteiger partial charge is 0.277 e. The van der Waals surface area contributed by atoms with E-state index in [0.717, 1.165) is 11.1 Å². The number of H-pyrrole nitrogens is 1. The summed E-state index contributed by atoms with van der Waals surface area (Å²) in [5, 5.41) is 8.01. The van der Waals surface area contributed by atoms with Crippen molar-refractivity contribution in [3.05, 3.63) is 64.3 Å². The Bertz CT molecular complexity index is 887. The third-order valence-corrected chi connectivity index (χ3v) is 3.58. The van der Waals surface area contributed by atoms with E-state index in [2.05, 4.69) is 21.0 Å². The van der Waals surface area contributed by atoms with E-state index in [1.165, 1.54) is 0 Å². The minimum Gasteiger partial charge on any atom is -0.277 e. The van der Waals surface area contributed by atoms with E-state index in [0.29, 0.717) is 16.0 Å². The van der Waals surface area contributed by atoms with E-state index in [1.54, 1.807) is 24.3 Å². The van der Waals surface area contributed by atoms with E-state index in [9.17, 15) is 9.59 Å². The minimum absolute atomic E-state index is 0.222. The number of nitrogens with zero attached hydrogens (tertiary/aromatic N) is 1. The van der Waals surface area contributed by atoms with Gasteiger partial charge in [-0.25, -0.2) is 0 Å². The molecule has 0 saturated carbocycles. The van der Waals surface area contributed by atoms with E-state index < -0.39 is 11.8 Å². The van der Waals surface area contributed by atoms with Gasteiger partial charge in [-0.15, -0.1) is 0 Å². The molecule has 6 nitrogen and oxygen atoms in total. The highest BCUT2D eigenvalue weighted by Gasteiger charge is 2.15. The van der Waals surface area contributed by atoms with Crippen molar-refractivity contribution < 1.29 is 9.59 Å². The fourth-order valence-electron chi connectivity index (χ4n) is 2.15. The number of rotatable bonds is 2. The van der Waals surface area contributed by atoms with Gasteiger partial charge in [-0.05, 0) is 43.3 Å². The zero-order valence-electron chi connectivity index (χ0n) is 12.2. The average molecular weight is 329 g/mol. The Morgan fingerprint density at radius 2 is 1.74 bits per heavy atom. The van der Waals surface area contributed by atoms with Crippen molar-refractivity contribution in [2.24, 2.45) is 0 Å². The van der Waals surface area contributed by atoms with Crippen LogP contribution in [0.1, 0.15) is 26.4 Å². The van der Waals surface area contributed by atoms with Crippen LogP contribution in [-0.2, 0) is 0 Å². The summed E-state index contributed by atoms with van der Waals surface area (Å²) in [6.45, 7) is 1.93. The van der Waals surface area contributed by atoms with Crippen LogP contribution in [0.4, 0.5) is 0 Å². The predicted molar refractivity (Wildman–Crippen MR) is 87.2 cm³/mol. The summed E-state index contributed by atoms with van der Waals surface area (Å²) in [7, 11) is 0. The number of halogens is 1. The Hall–Kier alpha value is -2.86. The van der Waals surface area contributed by atoms with E-state index >= 15 is 0 Å². The van der Waals surface area contributed by atoms with Crippen LogP contribution in [0.25, 0.3) is 10.9 Å². The fraction of sp³-hybridized carbons (Fsp3) is 0.0625. The van der Waals surface area contributed by atoms with Gasteiger partial charge in [0.25, 0.3) is 11.8 Å². The number of aromatic nitrogens is 2. The lowest BCUT2D eigenvalue weighted by molar-refractivity contribution is 0.0845. The molecule has 23 heavy (non-hydrogen) atoms. The topological polar surface area (TPSA) is 86.9 Å². The second-order valence-electron chi connectivity index (χ2n) is 5.04. The van der Waals surface area contributed by atoms with Crippen molar-refractivity contribution in [1.82, 2.24) is 21.0 Å². The van der Waals surface area contributed by atoms with Crippen LogP contribution in [0.15, 0.2) is 42.5 Å². The number of amides is 2. The largest absolute Gasteiger partial charge is 0.290 e. The highest BCUT2D eigenvalue weighted by atomic mass is 35.5. The summed E-state index contributed by atoms with van der Waals surface area (Å²) >= 11 is 5.77. The summed E-state index contributed by atoms with van der Waals surface area (Å²) in [5.41, 5.74) is 7.08. The Balaban J connectivity index is 1.72. The normalized spacial score (nSPS) is 10.5. The van der Waals surface area contributed by atoms with Gasteiger partial charge in [-0.3, -0.25) is 25.5 Å². The van der Waals surface area contributed by atoms with Crippen LogP contribution < -0.4 is 10.9 Å². The maximum Gasteiger partial charge on any atom is 0.290 e. The molecule has 116 valence electrons. The SMILES string of the molecule is Cc1ccc2[nH]nc(C(=O)NNC(=O)c3ccc(Cl)cc3)c2c1. The van der Waals surface area contributed by atoms with Crippen LogP contribution in [0.5, 0.6) is 0 Å². The molecule has 0 aliphatic rings. The molecule has 0 radical (unpaired) electrons. The van der Waals surface area contributed by atoms with Gasteiger partial charge in [-0.2, -0.15) is 5.10 Å². The predicted octanol–water partition coefficient (Wildman–Crippen LogP) is 2.60. The van der Waals surface area contributed by atoms with Gasteiger partial charge >= 0.3 is 0 Å². The van der Waals surface area contributed by atoms with Gasteiger partial charge in [0.05, 0.1) is 5.52 Å². The van der Waals surface area contributed by atoms with Gasteiger partial charge in [0, 0.05) is 16.0 Å². The number of aromatic amines is 1. The quantitative estimate of drug-likeness (QED) is 0.632.